The molecular weight excluding hydrogens is 603 g/mol. The first-order valence-electron chi connectivity index (χ1n) is 11.5. The monoisotopic (exact) mass is 616 g/mol. The van der Waals surface area contributed by atoms with Crippen molar-refractivity contribution in [3.05, 3.63) is 101 Å². The number of carbonyl (C=O) groups excluding carboxylic acids is 2. The molecule has 202 valence electrons. The van der Waals surface area contributed by atoms with E-state index >= 15 is 0 Å². The van der Waals surface area contributed by atoms with Crippen molar-refractivity contribution < 1.29 is 28.7 Å². The Morgan fingerprint density at radius 3 is 2.62 bits per heavy atom. The van der Waals surface area contributed by atoms with Gasteiger partial charge in [-0.3, -0.25) is 10.1 Å². The van der Waals surface area contributed by atoms with Crippen LogP contribution in [0.1, 0.15) is 27.7 Å². The molecule has 0 saturated heterocycles. The van der Waals surface area contributed by atoms with Crippen molar-refractivity contribution in [2.45, 2.75) is 6.92 Å². The fourth-order valence-electron chi connectivity index (χ4n) is 3.75. The molecule has 0 N–H and O–H groups in total. The van der Waals surface area contributed by atoms with Gasteiger partial charge in [0.15, 0.2) is 17.2 Å². The Morgan fingerprint density at radius 1 is 1.10 bits per heavy atom. The quantitative estimate of drug-likeness (QED) is 0.0684. The van der Waals surface area contributed by atoms with E-state index in [1.54, 1.807) is 19.1 Å². The number of nitro groups is 1. The van der Waals surface area contributed by atoms with Gasteiger partial charge < -0.3 is 14.2 Å². The van der Waals surface area contributed by atoms with E-state index in [1.165, 1.54) is 48.5 Å². The predicted molar refractivity (Wildman–Crippen MR) is 153 cm³/mol. The van der Waals surface area contributed by atoms with Crippen molar-refractivity contribution in [3.63, 3.8) is 0 Å². The molecule has 3 aromatic carbocycles. The normalized spacial score (nSPS) is 13.8. The average Bonchev–Trinajstić information content (AvgIpc) is 3.44. The molecule has 0 aliphatic carbocycles. The zero-order valence-corrected chi connectivity index (χ0v) is 23.4. The number of fused-ring (bicyclic) bond motifs is 1. The van der Waals surface area contributed by atoms with Gasteiger partial charge in [0, 0.05) is 27.2 Å². The highest BCUT2D eigenvalue weighted by molar-refractivity contribution is 7.21. The van der Waals surface area contributed by atoms with Crippen LogP contribution in [0, 0.1) is 10.1 Å². The Balaban J connectivity index is 1.43. The number of benzene rings is 3. The predicted octanol–water partition coefficient (Wildman–Crippen LogP) is 7.73. The number of ether oxygens (including phenoxy) is 3. The highest BCUT2D eigenvalue weighted by Gasteiger charge is 2.28. The molecule has 0 bridgehead atoms. The summed E-state index contributed by atoms with van der Waals surface area (Å²) in [4.78, 5) is 40.6. The maximum Gasteiger partial charge on any atom is 0.363 e. The van der Waals surface area contributed by atoms with Crippen LogP contribution < -0.4 is 9.47 Å². The number of carbonyl (C=O) groups is 2. The third kappa shape index (κ3) is 5.52. The Hall–Kier alpha value is -3.96. The number of hydrogen-bond acceptors (Lipinski definition) is 9. The number of nitrogens with zero attached hydrogens (tertiary/aromatic N) is 2. The lowest BCUT2D eigenvalue weighted by Gasteiger charge is -2.12. The summed E-state index contributed by atoms with van der Waals surface area (Å²) in [5, 5.41) is 12.5. The number of hydrogen-bond donors (Lipinski definition) is 0. The third-order valence-electron chi connectivity index (χ3n) is 5.56. The molecule has 0 atom stereocenters. The van der Waals surface area contributed by atoms with E-state index in [2.05, 4.69) is 4.99 Å². The second kappa shape index (κ2) is 11.3. The van der Waals surface area contributed by atoms with Gasteiger partial charge >= 0.3 is 11.9 Å². The molecule has 0 unspecified atom stereocenters. The first kappa shape index (κ1) is 27.6. The highest BCUT2D eigenvalue weighted by atomic mass is 35.5. The van der Waals surface area contributed by atoms with E-state index in [9.17, 15) is 19.7 Å². The van der Waals surface area contributed by atoms with Crippen LogP contribution in [-0.4, -0.2) is 29.4 Å². The van der Waals surface area contributed by atoms with Gasteiger partial charge in [-0.05, 0) is 55.0 Å². The summed E-state index contributed by atoms with van der Waals surface area (Å²) in [6.07, 6.45) is 1.48. The Bertz CT molecular complexity index is 1780. The van der Waals surface area contributed by atoms with Crippen molar-refractivity contribution >= 4 is 85.8 Å². The van der Waals surface area contributed by atoms with Crippen LogP contribution in [0.3, 0.4) is 0 Å². The number of halogens is 3. The first-order chi connectivity index (χ1) is 19.1. The van der Waals surface area contributed by atoms with E-state index in [4.69, 9.17) is 49.0 Å². The van der Waals surface area contributed by atoms with Gasteiger partial charge in [0.25, 0.3) is 5.69 Å². The number of cyclic esters (lactones) is 1. The summed E-state index contributed by atoms with van der Waals surface area (Å²) in [6, 6.07) is 13.4. The Kier molecular flexibility index (Phi) is 7.77. The van der Waals surface area contributed by atoms with Crippen molar-refractivity contribution in [2.24, 2.45) is 4.99 Å². The van der Waals surface area contributed by atoms with Crippen LogP contribution >= 0.6 is 46.1 Å². The van der Waals surface area contributed by atoms with Crippen molar-refractivity contribution in [2.75, 3.05) is 6.61 Å². The fourth-order valence-corrected chi connectivity index (χ4v) is 5.70. The lowest BCUT2D eigenvalue weighted by Crippen LogP contribution is -2.10. The fraction of sp³-hybridized carbons (Fsp3) is 0.0741. The number of aliphatic imine (C=N–C) groups is 1. The maximum atomic E-state index is 12.7. The number of nitro benzene ring substituents is 1. The molecule has 1 aromatic heterocycles. The van der Waals surface area contributed by atoms with E-state index in [1.807, 2.05) is 0 Å². The molecule has 0 amide bonds. The van der Waals surface area contributed by atoms with Gasteiger partial charge in [-0.2, -0.15) is 0 Å². The zero-order chi connectivity index (χ0) is 28.6. The summed E-state index contributed by atoms with van der Waals surface area (Å²) < 4.78 is 17.1. The van der Waals surface area contributed by atoms with Crippen LogP contribution in [0.25, 0.3) is 16.2 Å². The standard InChI is InChI=1S/C27H15Cl3N2O7S/c1-2-37-21-10-13(3-8-20(21)38-26(33)16-6-4-14(28)11-18(16)29)9-19-27(34)39-25(31-19)24-23(30)17-7-5-15(32(35)36)12-22(17)40-24/h3-12H,2H2,1H3/b19-9+. The van der Waals surface area contributed by atoms with E-state index in [0.717, 1.165) is 11.3 Å². The number of non-ortho nitro benzene ring substituents is 1. The lowest BCUT2D eigenvalue weighted by molar-refractivity contribution is -0.384. The molecule has 40 heavy (non-hydrogen) atoms. The molecule has 0 fully saturated rings. The Labute approximate surface area is 245 Å². The molecule has 5 rings (SSSR count). The SMILES string of the molecule is CCOc1cc(/C=C2/N=C(c3sc4cc([N+](=O)[O-])ccc4c3Cl)OC2=O)ccc1OC(=O)c1ccc(Cl)cc1Cl. The molecule has 0 spiro atoms. The number of rotatable bonds is 7. The summed E-state index contributed by atoms with van der Waals surface area (Å²) in [6.45, 7) is 2.04. The minimum Gasteiger partial charge on any atom is -0.490 e. The minimum atomic E-state index is -0.708. The maximum absolute atomic E-state index is 12.7. The molecule has 2 heterocycles. The van der Waals surface area contributed by atoms with Crippen molar-refractivity contribution in [1.82, 2.24) is 0 Å². The van der Waals surface area contributed by atoms with Gasteiger partial charge in [-0.1, -0.05) is 40.9 Å². The molecule has 0 radical (unpaired) electrons. The Morgan fingerprint density at radius 2 is 1.90 bits per heavy atom. The van der Waals surface area contributed by atoms with Crippen molar-refractivity contribution in [3.8, 4) is 11.5 Å². The second-order valence-electron chi connectivity index (χ2n) is 8.17. The van der Waals surface area contributed by atoms with Crippen LogP contribution in [0.15, 0.2) is 65.3 Å². The molecule has 9 nitrogen and oxygen atoms in total. The van der Waals surface area contributed by atoms with Gasteiger partial charge in [-0.25, -0.2) is 14.6 Å². The van der Waals surface area contributed by atoms with E-state index in [-0.39, 0.29) is 51.0 Å². The van der Waals surface area contributed by atoms with Gasteiger partial charge in [0.1, 0.15) is 4.88 Å². The summed E-state index contributed by atoms with van der Waals surface area (Å²) in [5.41, 5.74) is 0.556. The smallest absolute Gasteiger partial charge is 0.363 e. The summed E-state index contributed by atoms with van der Waals surface area (Å²) in [5.74, 6) is -1.03. The molecule has 0 saturated carbocycles. The molecule has 4 aromatic rings. The van der Waals surface area contributed by atoms with Crippen LogP contribution in [0.4, 0.5) is 5.69 Å². The molecule has 13 heteroatoms. The van der Waals surface area contributed by atoms with Crippen LogP contribution in [0.5, 0.6) is 11.5 Å². The third-order valence-corrected chi connectivity index (χ3v) is 7.76. The van der Waals surface area contributed by atoms with Gasteiger partial charge in [-0.15, -0.1) is 11.3 Å². The summed E-state index contributed by atoms with van der Waals surface area (Å²) >= 11 is 19.6. The summed E-state index contributed by atoms with van der Waals surface area (Å²) in [7, 11) is 0. The lowest BCUT2D eigenvalue weighted by atomic mass is 10.1. The number of thiophene rings is 1. The zero-order valence-electron chi connectivity index (χ0n) is 20.3. The molecular formula is C27H15Cl3N2O7S. The minimum absolute atomic E-state index is 0.00496. The second-order valence-corrected chi connectivity index (χ2v) is 10.4. The van der Waals surface area contributed by atoms with Crippen LogP contribution in [0.2, 0.25) is 15.1 Å². The van der Waals surface area contributed by atoms with Gasteiger partial charge in [0.2, 0.25) is 5.90 Å². The van der Waals surface area contributed by atoms with E-state index < -0.39 is 16.9 Å². The van der Waals surface area contributed by atoms with Crippen molar-refractivity contribution in [1.29, 1.82) is 0 Å². The first-order valence-corrected chi connectivity index (χ1v) is 13.4. The van der Waals surface area contributed by atoms with Crippen LogP contribution in [-0.2, 0) is 9.53 Å². The molecule has 1 aliphatic heterocycles. The number of esters is 2. The largest absolute Gasteiger partial charge is 0.490 e. The highest BCUT2D eigenvalue weighted by Crippen LogP contribution is 2.39. The van der Waals surface area contributed by atoms with E-state index in [0.29, 0.717) is 25.5 Å². The molecule has 1 aliphatic rings. The average molecular weight is 618 g/mol. The van der Waals surface area contributed by atoms with Gasteiger partial charge in [0.05, 0.1) is 27.1 Å². The topological polar surface area (TPSA) is 117 Å².